The van der Waals surface area contributed by atoms with Crippen LogP contribution in [0, 0.1) is 0 Å². The van der Waals surface area contributed by atoms with Crippen molar-refractivity contribution in [2.45, 2.75) is 39.3 Å². The minimum absolute atomic E-state index is 0.0494. The number of carbonyl (C=O) groups excluding carboxylic acids is 1. The number of nitrogen functional groups attached to an aromatic ring is 1. The summed E-state index contributed by atoms with van der Waals surface area (Å²) >= 11 is 0. The Morgan fingerprint density at radius 2 is 2.29 bits per heavy atom. The molecular formula is C12H21N3O2. The van der Waals surface area contributed by atoms with E-state index in [0.717, 1.165) is 13.0 Å². The Kier molecular flexibility index (Phi) is 5.03. The van der Waals surface area contributed by atoms with E-state index >= 15 is 0 Å². The predicted molar refractivity (Wildman–Crippen MR) is 67.8 cm³/mol. The Morgan fingerprint density at radius 1 is 1.59 bits per heavy atom. The first-order chi connectivity index (χ1) is 8.12. The molecular weight excluding hydrogens is 218 g/mol. The number of amides is 1. The minimum atomic E-state index is -0.200. The van der Waals surface area contributed by atoms with Gasteiger partial charge < -0.3 is 20.7 Å². The van der Waals surface area contributed by atoms with Gasteiger partial charge in [-0.25, -0.2) is 0 Å². The van der Waals surface area contributed by atoms with Crippen LogP contribution in [-0.4, -0.2) is 28.2 Å². The van der Waals surface area contributed by atoms with E-state index in [9.17, 15) is 4.79 Å². The number of aromatic nitrogens is 1. The van der Waals surface area contributed by atoms with Crippen molar-refractivity contribution in [3.8, 4) is 0 Å². The summed E-state index contributed by atoms with van der Waals surface area (Å²) in [6.07, 6.45) is 3.40. The van der Waals surface area contributed by atoms with Crippen LogP contribution in [0.2, 0.25) is 0 Å². The molecule has 0 aliphatic heterocycles. The topological polar surface area (TPSA) is 80.3 Å². The Labute approximate surface area is 102 Å². The summed E-state index contributed by atoms with van der Waals surface area (Å²) in [5.74, 6) is -0.184. The highest BCUT2D eigenvalue weighted by Crippen LogP contribution is 2.11. The van der Waals surface area contributed by atoms with Crippen LogP contribution in [-0.2, 0) is 6.54 Å². The van der Waals surface area contributed by atoms with Gasteiger partial charge in [0.15, 0.2) is 0 Å². The summed E-state index contributed by atoms with van der Waals surface area (Å²) in [7, 11) is 0. The molecule has 0 fully saturated rings. The summed E-state index contributed by atoms with van der Waals surface area (Å²) in [6.45, 7) is 4.67. The number of carbonyl (C=O) groups is 1. The van der Waals surface area contributed by atoms with Crippen LogP contribution in [0.25, 0.3) is 0 Å². The molecule has 0 spiro atoms. The maximum absolute atomic E-state index is 12.0. The Morgan fingerprint density at radius 3 is 2.82 bits per heavy atom. The van der Waals surface area contributed by atoms with E-state index in [1.165, 1.54) is 0 Å². The highest BCUT2D eigenvalue weighted by atomic mass is 16.3. The molecule has 1 heterocycles. The summed E-state index contributed by atoms with van der Waals surface area (Å²) in [6, 6.07) is 1.46. The van der Waals surface area contributed by atoms with Gasteiger partial charge in [-0.15, -0.1) is 0 Å². The first kappa shape index (κ1) is 13.6. The molecule has 0 unspecified atom stereocenters. The molecule has 1 amide bonds. The number of nitrogens with one attached hydrogen (secondary N) is 1. The smallest absolute Gasteiger partial charge is 0.268 e. The lowest BCUT2D eigenvalue weighted by Crippen LogP contribution is -2.37. The van der Waals surface area contributed by atoms with Crippen LogP contribution in [0.3, 0.4) is 0 Å². The molecule has 1 rings (SSSR count). The lowest BCUT2D eigenvalue weighted by molar-refractivity contribution is 0.0905. The minimum Gasteiger partial charge on any atom is -0.397 e. The van der Waals surface area contributed by atoms with E-state index in [1.807, 2.05) is 18.4 Å². The van der Waals surface area contributed by atoms with E-state index in [2.05, 4.69) is 5.32 Å². The monoisotopic (exact) mass is 239 g/mol. The molecule has 0 aliphatic rings. The number of nitrogens with zero attached hydrogens (tertiary/aromatic N) is 1. The number of rotatable bonds is 6. The molecule has 1 aromatic heterocycles. The molecule has 5 heteroatoms. The number of hydrogen-bond donors (Lipinski definition) is 3. The van der Waals surface area contributed by atoms with Crippen molar-refractivity contribution in [3.63, 3.8) is 0 Å². The van der Waals surface area contributed by atoms with Crippen LogP contribution in [0.5, 0.6) is 0 Å². The molecule has 96 valence electrons. The van der Waals surface area contributed by atoms with E-state index < -0.39 is 0 Å². The Bertz CT molecular complexity index is 370. The van der Waals surface area contributed by atoms with Crippen LogP contribution in [0.15, 0.2) is 12.3 Å². The van der Waals surface area contributed by atoms with Gasteiger partial charge in [0, 0.05) is 12.7 Å². The summed E-state index contributed by atoms with van der Waals surface area (Å²) in [5.41, 5.74) is 6.83. The highest BCUT2D eigenvalue weighted by molar-refractivity contribution is 5.94. The molecule has 0 bridgehead atoms. The van der Waals surface area contributed by atoms with Gasteiger partial charge in [0.05, 0.1) is 18.3 Å². The van der Waals surface area contributed by atoms with E-state index in [0.29, 0.717) is 17.8 Å². The zero-order chi connectivity index (χ0) is 12.8. The number of nitrogens with two attached hydrogens (primary N) is 1. The Hall–Kier alpha value is -1.49. The third-order valence-corrected chi connectivity index (χ3v) is 2.66. The van der Waals surface area contributed by atoms with Crippen molar-refractivity contribution in [3.05, 3.63) is 18.0 Å². The van der Waals surface area contributed by atoms with Crippen molar-refractivity contribution in [1.82, 2.24) is 9.88 Å². The van der Waals surface area contributed by atoms with Gasteiger partial charge in [-0.1, -0.05) is 13.8 Å². The first-order valence-corrected chi connectivity index (χ1v) is 5.99. The zero-order valence-electron chi connectivity index (χ0n) is 10.4. The second kappa shape index (κ2) is 6.30. The SMILES string of the molecule is CCCn1cc(N)cc1C(=O)N[C@H](CC)CO. The normalized spacial score (nSPS) is 12.4. The summed E-state index contributed by atoms with van der Waals surface area (Å²) < 4.78 is 1.84. The van der Waals surface area contributed by atoms with Crippen LogP contribution >= 0.6 is 0 Å². The van der Waals surface area contributed by atoms with Crippen molar-refractivity contribution in [1.29, 1.82) is 0 Å². The van der Waals surface area contributed by atoms with Gasteiger partial charge in [0.1, 0.15) is 5.69 Å². The average molecular weight is 239 g/mol. The van der Waals surface area contributed by atoms with E-state index in [-0.39, 0.29) is 18.6 Å². The first-order valence-electron chi connectivity index (χ1n) is 5.99. The van der Waals surface area contributed by atoms with Gasteiger partial charge >= 0.3 is 0 Å². The number of aliphatic hydroxyl groups is 1. The third kappa shape index (κ3) is 3.49. The summed E-state index contributed by atoms with van der Waals surface area (Å²) in [4.78, 5) is 12.0. The molecule has 0 aliphatic carbocycles. The lowest BCUT2D eigenvalue weighted by atomic mass is 10.2. The van der Waals surface area contributed by atoms with Crippen molar-refractivity contribution in [2.75, 3.05) is 12.3 Å². The molecule has 0 saturated carbocycles. The molecule has 0 saturated heterocycles. The molecule has 1 aromatic rings. The van der Waals surface area contributed by atoms with E-state index in [4.69, 9.17) is 10.8 Å². The standard InChI is InChI=1S/C12H21N3O2/c1-3-5-15-7-9(13)6-11(15)12(17)14-10(4-2)8-16/h6-7,10,16H,3-5,8,13H2,1-2H3,(H,14,17)/t10-/m1/s1. The number of aliphatic hydroxyl groups excluding tert-OH is 1. The van der Waals surface area contributed by atoms with Crippen LogP contribution in [0.1, 0.15) is 37.2 Å². The van der Waals surface area contributed by atoms with Crippen LogP contribution in [0.4, 0.5) is 5.69 Å². The van der Waals surface area contributed by atoms with Gasteiger partial charge in [-0.3, -0.25) is 4.79 Å². The molecule has 0 aromatic carbocycles. The Balaban J connectivity index is 2.80. The fourth-order valence-electron chi connectivity index (χ4n) is 1.69. The van der Waals surface area contributed by atoms with Crippen LogP contribution < -0.4 is 11.1 Å². The zero-order valence-corrected chi connectivity index (χ0v) is 10.4. The third-order valence-electron chi connectivity index (χ3n) is 2.66. The van der Waals surface area contributed by atoms with Gasteiger partial charge in [0.2, 0.25) is 0 Å². The molecule has 0 radical (unpaired) electrons. The number of anilines is 1. The van der Waals surface area contributed by atoms with Gasteiger partial charge in [-0.2, -0.15) is 0 Å². The molecule has 17 heavy (non-hydrogen) atoms. The quantitative estimate of drug-likeness (QED) is 0.692. The fraction of sp³-hybridized carbons (Fsp3) is 0.583. The second-order valence-electron chi connectivity index (χ2n) is 4.11. The highest BCUT2D eigenvalue weighted by Gasteiger charge is 2.15. The maximum atomic E-state index is 12.0. The fourth-order valence-corrected chi connectivity index (χ4v) is 1.69. The molecule has 1 atom stereocenters. The van der Waals surface area contributed by atoms with Crippen molar-refractivity contribution < 1.29 is 9.90 Å². The second-order valence-corrected chi connectivity index (χ2v) is 4.11. The predicted octanol–water partition coefficient (Wildman–Crippen LogP) is 0.981. The molecule has 4 N–H and O–H groups in total. The van der Waals surface area contributed by atoms with Crippen molar-refractivity contribution >= 4 is 11.6 Å². The largest absolute Gasteiger partial charge is 0.397 e. The van der Waals surface area contributed by atoms with Crippen molar-refractivity contribution in [2.24, 2.45) is 0 Å². The lowest BCUT2D eigenvalue weighted by Gasteiger charge is -2.15. The van der Waals surface area contributed by atoms with E-state index in [1.54, 1.807) is 12.3 Å². The maximum Gasteiger partial charge on any atom is 0.268 e. The summed E-state index contributed by atoms with van der Waals surface area (Å²) in [5, 5.41) is 11.8. The van der Waals surface area contributed by atoms with Gasteiger partial charge in [-0.05, 0) is 18.9 Å². The molecule has 5 nitrogen and oxygen atoms in total. The average Bonchev–Trinajstić information content (AvgIpc) is 2.67. The number of hydrogen-bond acceptors (Lipinski definition) is 3. The number of aryl methyl sites for hydroxylation is 1. The van der Waals surface area contributed by atoms with Gasteiger partial charge in [0.25, 0.3) is 5.91 Å².